The van der Waals surface area contributed by atoms with E-state index >= 15 is 0 Å². The maximum atomic E-state index is 11.5. The number of hydrogen-bond acceptors (Lipinski definition) is 2. The van der Waals surface area contributed by atoms with Crippen molar-refractivity contribution >= 4 is 11.5 Å². The molecule has 1 aliphatic carbocycles. The van der Waals surface area contributed by atoms with E-state index in [1.807, 2.05) is 34.9 Å². The Labute approximate surface area is 127 Å². The first-order chi connectivity index (χ1) is 10.8. The Balaban J connectivity index is 1.92. The first kappa shape index (κ1) is 13.1. The molecular weight excluding hydrogens is 278 g/mol. The summed E-state index contributed by atoms with van der Waals surface area (Å²) in [5.41, 5.74) is 2.91. The van der Waals surface area contributed by atoms with Crippen LogP contribution in [-0.4, -0.2) is 25.3 Å². The Hall–Kier alpha value is -2.56. The molecule has 0 amide bonds. The molecule has 0 unspecified atom stereocenters. The molecule has 0 radical (unpaired) electrons. The number of rotatable bonds is 3. The van der Waals surface area contributed by atoms with Crippen LogP contribution >= 0.6 is 0 Å². The van der Waals surface area contributed by atoms with Gasteiger partial charge in [0, 0.05) is 12.4 Å². The molecule has 22 heavy (non-hydrogen) atoms. The molecule has 1 N–H and O–H groups in total. The largest absolute Gasteiger partial charge is 0.478 e. The molecule has 3 aromatic rings. The minimum Gasteiger partial charge on any atom is -0.478 e. The molecule has 1 aliphatic rings. The van der Waals surface area contributed by atoms with Crippen LogP contribution in [0, 0.1) is 0 Å². The molecule has 4 rings (SSSR count). The molecule has 0 aliphatic heterocycles. The van der Waals surface area contributed by atoms with Crippen molar-refractivity contribution in [1.29, 1.82) is 0 Å². The molecule has 112 valence electrons. The highest BCUT2D eigenvalue weighted by Crippen LogP contribution is 2.34. The summed E-state index contributed by atoms with van der Waals surface area (Å²) in [5, 5.41) is 13.9. The van der Waals surface area contributed by atoms with Gasteiger partial charge in [-0.3, -0.25) is 4.68 Å². The molecule has 1 saturated carbocycles. The van der Waals surface area contributed by atoms with Crippen LogP contribution in [-0.2, 0) is 0 Å². The van der Waals surface area contributed by atoms with Gasteiger partial charge in [-0.15, -0.1) is 0 Å². The molecule has 5 heteroatoms. The molecular formula is C17H17N3O2. The van der Waals surface area contributed by atoms with Crippen molar-refractivity contribution in [2.75, 3.05) is 0 Å². The zero-order chi connectivity index (χ0) is 15.1. The molecule has 0 atom stereocenters. The molecule has 0 spiro atoms. The summed E-state index contributed by atoms with van der Waals surface area (Å²) in [5.74, 6) is -0.901. The van der Waals surface area contributed by atoms with Crippen LogP contribution in [0.2, 0.25) is 0 Å². The van der Waals surface area contributed by atoms with Crippen LogP contribution < -0.4 is 0 Å². The summed E-state index contributed by atoms with van der Waals surface area (Å²) in [6, 6.07) is 9.76. The molecule has 3 aromatic heterocycles. The molecule has 5 nitrogen and oxygen atoms in total. The van der Waals surface area contributed by atoms with Gasteiger partial charge < -0.3 is 9.51 Å². The number of nitrogens with zero attached hydrogens (tertiary/aromatic N) is 3. The average molecular weight is 295 g/mol. The third kappa shape index (κ3) is 1.93. The zero-order valence-corrected chi connectivity index (χ0v) is 12.1. The Bertz CT molecular complexity index is 841. The number of pyridine rings is 1. The minimum atomic E-state index is -0.901. The molecule has 0 saturated heterocycles. The van der Waals surface area contributed by atoms with Crippen molar-refractivity contribution in [1.82, 2.24) is 14.2 Å². The van der Waals surface area contributed by atoms with Crippen molar-refractivity contribution in [3.8, 4) is 11.4 Å². The number of carboxylic acids is 1. The quantitative estimate of drug-likeness (QED) is 0.803. The van der Waals surface area contributed by atoms with Crippen molar-refractivity contribution in [3.63, 3.8) is 0 Å². The number of fused-ring (bicyclic) bond motifs is 1. The summed E-state index contributed by atoms with van der Waals surface area (Å²) >= 11 is 0. The lowest BCUT2D eigenvalue weighted by molar-refractivity contribution is 0.0699. The van der Waals surface area contributed by atoms with E-state index in [1.54, 1.807) is 12.3 Å². The van der Waals surface area contributed by atoms with Crippen LogP contribution in [0.4, 0.5) is 0 Å². The Morgan fingerprint density at radius 1 is 1.18 bits per heavy atom. The van der Waals surface area contributed by atoms with Crippen LogP contribution in [0.25, 0.3) is 16.9 Å². The highest BCUT2D eigenvalue weighted by atomic mass is 16.4. The zero-order valence-electron chi connectivity index (χ0n) is 12.1. The monoisotopic (exact) mass is 295 g/mol. The van der Waals surface area contributed by atoms with Crippen LogP contribution in [0.5, 0.6) is 0 Å². The second-order valence-corrected chi connectivity index (χ2v) is 5.80. The first-order valence-corrected chi connectivity index (χ1v) is 7.63. The fourth-order valence-corrected chi connectivity index (χ4v) is 3.48. The predicted octanol–water partition coefficient (Wildman–Crippen LogP) is 3.62. The highest BCUT2D eigenvalue weighted by Gasteiger charge is 2.23. The van der Waals surface area contributed by atoms with E-state index < -0.39 is 5.97 Å². The van der Waals surface area contributed by atoms with Crippen molar-refractivity contribution in [2.45, 2.75) is 31.7 Å². The number of aromatic carboxylic acids is 1. The van der Waals surface area contributed by atoms with E-state index in [1.165, 1.54) is 12.8 Å². The first-order valence-electron chi connectivity index (χ1n) is 7.63. The normalized spacial score (nSPS) is 15.6. The van der Waals surface area contributed by atoms with Gasteiger partial charge in [0.2, 0.25) is 0 Å². The van der Waals surface area contributed by atoms with Gasteiger partial charge in [0.05, 0.1) is 28.5 Å². The smallest absolute Gasteiger partial charge is 0.337 e. The van der Waals surface area contributed by atoms with Gasteiger partial charge >= 0.3 is 5.97 Å². The maximum Gasteiger partial charge on any atom is 0.337 e. The topological polar surface area (TPSA) is 59.5 Å². The van der Waals surface area contributed by atoms with E-state index in [0.717, 1.165) is 24.2 Å². The SMILES string of the molecule is O=C(O)c1cc(-c2ccnn2C2CCCC2)n2ccccc12. The van der Waals surface area contributed by atoms with Gasteiger partial charge in [0.1, 0.15) is 0 Å². The lowest BCUT2D eigenvalue weighted by atomic mass is 10.2. The third-order valence-corrected chi connectivity index (χ3v) is 4.51. The van der Waals surface area contributed by atoms with Crippen molar-refractivity contribution < 1.29 is 9.90 Å². The number of carboxylic acid groups (broad SMARTS) is 1. The van der Waals surface area contributed by atoms with Crippen molar-refractivity contribution in [3.05, 3.63) is 48.3 Å². The van der Waals surface area contributed by atoms with E-state index in [2.05, 4.69) is 9.78 Å². The number of carbonyl (C=O) groups is 1. The van der Waals surface area contributed by atoms with Gasteiger partial charge in [0.15, 0.2) is 0 Å². The summed E-state index contributed by atoms with van der Waals surface area (Å²) in [6.45, 7) is 0. The van der Waals surface area contributed by atoms with Gasteiger partial charge in [-0.05, 0) is 37.1 Å². The summed E-state index contributed by atoms with van der Waals surface area (Å²) in [4.78, 5) is 11.5. The van der Waals surface area contributed by atoms with E-state index in [0.29, 0.717) is 17.1 Å². The highest BCUT2D eigenvalue weighted by molar-refractivity contribution is 5.98. The Morgan fingerprint density at radius 2 is 2.00 bits per heavy atom. The van der Waals surface area contributed by atoms with Crippen LogP contribution in [0.15, 0.2) is 42.7 Å². The van der Waals surface area contributed by atoms with Gasteiger partial charge in [-0.2, -0.15) is 5.10 Å². The lowest BCUT2D eigenvalue weighted by Gasteiger charge is -2.14. The van der Waals surface area contributed by atoms with Crippen LogP contribution in [0.1, 0.15) is 42.1 Å². The van der Waals surface area contributed by atoms with Gasteiger partial charge in [-0.25, -0.2) is 4.79 Å². The van der Waals surface area contributed by atoms with Gasteiger partial charge in [0.25, 0.3) is 0 Å². The fraction of sp³-hybridized carbons (Fsp3) is 0.294. The molecule has 1 fully saturated rings. The Morgan fingerprint density at radius 3 is 2.77 bits per heavy atom. The number of aromatic nitrogens is 3. The molecule has 0 aromatic carbocycles. The minimum absolute atomic E-state index is 0.328. The standard InChI is InChI=1S/C17H17N3O2/c21-17(22)13-11-16(19-10-4-3-7-14(13)19)15-8-9-18-20(15)12-5-1-2-6-12/h3-4,7-12H,1-2,5-6H2,(H,21,22). The molecule has 0 bridgehead atoms. The van der Waals surface area contributed by atoms with E-state index in [4.69, 9.17) is 0 Å². The summed E-state index contributed by atoms with van der Waals surface area (Å²) < 4.78 is 4.00. The van der Waals surface area contributed by atoms with E-state index in [9.17, 15) is 9.90 Å². The summed E-state index contributed by atoms with van der Waals surface area (Å²) in [7, 11) is 0. The average Bonchev–Trinajstić information content (AvgIpc) is 3.25. The predicted molar refractivity (Wildman–Crippen MR) is 83.1 cm³/mol. The number of hydrogen-bond donors (Lipinski definition) is 1. The second kappa shape index (κ2) is 5.02. The van der Waals surface area contributed by atoms with Crippen LogP contribution in [0.3, 0.4) is 0 Å². The van der Waals surface area contributed by atoms with Crippen molar-refractivity contribution in [2.24, 2.45) is 0 Å². The molecule has 3 heterocycles. The second-order valence-electron chi connectivity index (χ2n) is 5.80. The Kier molecular flexibility index (Phi) is 2.99. The maximum absolute atomic E-state index is 11.5. The summed E-state index contributed by atoms with van der Waals surface area (Å²) in [6.07, 6.45) is 8.46. The van der Waals surface area contributed by atoms with Gasteiger partial charge in [-0.1, -0.05) is 18.9 Å². The third-order valence-electron chi connectivity index (χ3n) is 4.51. The van der Waals surface area contributed by atoms with E-state index in [-0.39, 0.29) is 0 Å². The lowest BCUT2D eigenvalue weighted by Crippen LogP contribution is -2.08. The fourth-order valence-electron chi connectivity index (χ4n) is 3.48.